The van der Waals surface area contributed by atoms with Gasteiger partial charge in [0.1, 0.15) is 5.54 Å². The summed E-state index contributed by atoms with van der Waals surface area (Å²) in [6.07, 6.45) is 3.32. The van der Waals surface area contributed by atoms with Crippen LogP contribution in [-0.2, 0) is 29.7 Å². The molecule has 0 radical (unpaired) electrons. The molecule has 1 saturated heterocycles. The number of nitrogens with zero attached hydrogens (tertiary/aromatic N) is 1. The summed E-state index contributed by atoms with van der Waals surface area (Å²) in [6, 6.07) is 13.8. The van der Waals surface area contributed by atoms with Gasteiger partial charge in [-0.1, -0.05) is 48.0 Å². The number of hydrogen-bond acceptors (Lipinski definition) is 2. The SMILES string of the molecule is Cc1cccc(CN2C(=O)NC(C)(c3ccc4c(c3)CCC4)C2=O)c1. The molecule has 2 aliphatic rings. The van der Waals surface area contributed by atoms with Crippen molar-refractivity contribution >= 4 is 11.9 Å². The predicted octanol–water partition coefficient (Wildman–Crippen LogP) is 3.45. The molecule has 3 amide bonds. The van der Waals surface area contributed by atoms with E-state index in [2.05, 4.69) is 17.4 Å². The largest absolute Gasteiger partial charge is 0.325 e. The zero-order chi connectivity index (χ0) is 17.6. The Hall–Kier alpha value is -2.62. The highest BCUT2D eigenvalue weighted by molar-refractivity contribution is 6.07. The molecule has 1 aliphatic heterocycles. The number of nitrogens with one attached hydrogen (secondary N) is 1. The van der Waals surface area contributed by atoms with Gasteiger partial charge in [-0.2, -0.15) is 0 Å². The smallest absolute Gasteiger partial charge is 0.319 e. The van der Waals surface area contributed by atoms with Crippen molar-refractivity contribution < 1.29 is 9.59 Å². The fourth-order valence-electron chi connectivity index (χ4n) is 3.91. The van der Waals surface area contributed by atoms with Gasteiger partial charge in [-0.15, -0.1) is 0 Å². The van der Waals surface area contributed by atoms with Crippen LogP contribution in [0.25, 0.3) is 0 Å². The van der Waals surface area contributed by atoms with Gasteiger partial charge in [0, 0.05) is 0 Å². The van der Waals surface area contributed by atoms with E-state index in [-0.39, 0.29) is 11.9 Å². The Morgan fingerprint density at radius 2 is 1.88 bits per heavy atom. The highest BCUT2D eigenvalue weighted by atomic mass is 16.2. The molecule has 1 aliphatic carbocycles. The highest BCUT2D eigenvalue weighted by Gasteiger charge is 2.49. The number of urea groups is 1. The van der Waals surface area contributed by atoms with Crippen molar-refractivity contribution in [1.29, 1.82) is 0 Å². The average Bonchev–Trinajstić information content (AvgIpc) is 3.13. The maximum atomic E-state index is 13.1. The van der Waals surface area contributed by atoms with E-state index in [4.69, 9.17) is 0 Å². The van der Waals surface area contributed by atoms with Crippen molar-refractivity contribution in [3.8, 4) is 0 Å². The Labute approximate surface area is 147 Å². The molecule has 4 nitrogen and oxygen atoms in total. The van der Waals surface area contributed by atoms with Gasteiger partial charge in [-0.05, 0) is 55.4 Å². The third kappa shape index (κ3) is 2.62. The molecular weight excluding hydrogens is 312 g/mol. The lowest BCUT2D eigenvalue weighted by Gasteiger charge is -2.23. The lowest BCUT2D eigenvalue weighted by Crippen LogP contribution is -2.40. The molecule has 1 atom stereocenters. The first-order chi connectivity index (χ1) is 12.0. The number of hydrogen-bond donors (Lipinski definition) is 1. The van der Waals surface area contributed by atoms with E-state index in [0.29, 0.717) is 6.54 Å². The van der Waals surface area contributed by atoms with Gasteiger partial charge in [0.05, 0.1) is 6.54 Å². The van der Waals surface area contributed by atoms with Crippen LogP contribution >= 0.6 is 0 Å². The summed E-state index contributed by atoms with van der Waals surface area (Å²) in [4.78, 5) is 26.9. The Kier molecular flexibility index (Phi) is 3.64. The van der Waals surface area contributed by atoms with E-state index in [1.165, 1.54) is 16.0 Å². The van der Waals surface area contributed by atoms with E-state index in [9.17, 15) is 9.59 Å². The molecule has 128 valence electrons. The third-order valence-electron chi connectivity index (χ3n) is 5.37. The molecule has 0 aromatic heterocycles. The van der Waals surface area contributed by atoms with Crippen molar-refractivity contribution in [2.24, 2.45) is 0 Å². The summed E-state index contributed by atoms with van der Waals surface area (Å²) in [7, 11) is 0. The van der Waals surface area contributed by atoms with E-state index in [0.717, 1.165) is 36.0 Å². The number of imide groups is 1. The quantitative estimate of drug-likeness (QED) is 0.874. The minimum Gasteiger partial charge on any atom is -0.319 e. The van der Waals surface area contributed by atoms with Crippen LogP contribution < -0.4 is 5.32 Å². The Balaban J connectivity index is 1.63. The second kappa shape index (κ2) is 5.73. The molecule has 4 heteroatoms. The minimum atomic E-state index is -0.988. The normalized spacial score (nSPS) is 22.2. The molecule has 2 aromatic rings. The Morgan fingerprint density at radius 3 is 2.68 bits per heavy atom. The van der Waals surface area contributed by atoms with Crippen LogP contribution in [-0.4, -0.2) is 16.8 Å². The summed E-state index contributed by atoms with van der Waals surface area (Å²) in [6.45, 7) is 4.11. The van der Waals surface area contributed by atoms with Gasteiger partial charge >= 0.3 is 6.03 Å². The highest BCUT2D eigenvalue weighted by Crippen LogP contribution is 2.33. The molecule has 0 bridgehead atoms. The van der Waals surface area contributed by atoms with E-state index < -0.39 is 5.54 Å². The van der Waals surface area contributed by atoms with Gasteiger partial charge in [-0.3, -0.25) is 9.69 Å². The molecular formula is C21H22N2O2. The lowest BCUT2D eigenvalue weighted by molar-refractivity contribution is -0.131. The first kappa shape index (κ1) is 15.9. The molecule has 0 saturated carbocycles. The predicted molar refractivity (Wildman–Crippen MR) is 96.1 cm³/mol. The lowest BCUT2D eigenvalue weighted by atomic mass is 9.89. The molecule has 0 spiro atoms. The maximum absolute atomic E-state index is 13.1. The number of amides is 3. The van der Waals surface area contributed by atoms with Crippen LogP contribution in [0.1, 0.15) is 41.2 Å². The van der Waals surface area contributed by atoms with Crippen molar-refractivity contribution in [2.45, 2.75) is 45.2 Å². The van der Waals surface area contributed by atoms with E-state index >= 15 is 0 Å². The summed E-state index contributed by atoms with van der Waals surface area (Å²) >= 11 is 0. The van der Waals surface area contributed by atoms with Crippen molar-refractivity contribution in [2.75, 3.05) is 0 Å². The van der Waals surface area contributed by atoms with Gasteiger partial charge in [-0.25, -0.2) is 4.79 Å². The monoisotopic (exact) mass is 334 g/mol. The van der Waals surface area contributed by atoms with Crippen LogP contribution in [0, 0.1) is 6.92 Å². The summed E-state index contributed by atoms with van der Waals surface area (Å²) < 4.78 is 0. The minimum absolute atomic E-state index is 0.183. The number of carbonyl (C=O) groups is 2. The first-order valence-corrected chi connectivity index (χ1v) is 8.79. The first-order valence-electron chi connectivity index (χ1n) is 8.79. The molecule has 1 heterocycles. The molecule has 1 N–H and O–H groups in total. The molecule has 25 heavy (non-hydrogen) atoms. The van der Waals surface area contributed by atoms with Gasteiger partial charge in [0.25, 0.3) is 5.91 Å². The average molecular weight is 334 g/mol. The van der Waals surface area contributed by atoms with Crippen LogP contribution in [0.4, 0.5) is 4.79 Å². The standard InChI is InChI=1S/C21H22N2O2/c1-14-5-3-6-15(11-14)13-23-19(24)21(2,22-20(23)25)18-10-9-16-7-4-8-17(16)12-18/h3,5-6,9-12H,4,7-8,13H2,1-2H3,(H,22,25). The number of fused-ring (bicyclic) bond motifs is 1. The summed E-state index contributed by atoms with van der Waals surface area (Å²) in [5.41, 5.74) is 4.63. The topological polar surface area (TPSA) is 49.4 Å². The second-order valence-corrected chi connectivity index (χ2v) is 7.27. The molecule has 4 rings (SSSR count). The van der Waals surface area contributed by atoms with Crippen molar-refractivity contribution in [1.82, 2.24) is 10.2 Å². The second-order valence-electron chi connectivity index (χ2n) is 7.27. The maximum Gasteiger partial charge on any atom is 0.325 e. The van der Waals surface area contributed by atoms with Crippen molar-refractivity contribution in [3.63, 3.8) is 0 Å². The fourth-order valence-corrected chi connectivity index (χ4v) is 3.91. The van der Waals surface area contributed by atoms with Crippen molar-refractivity contribution in [3.05, 3.63) is 70.3 Å². The Bertz CT molecular complexity index is 874. The molecule has 1 fully saturated rings. The van der Waals surface area contributed by atoms with Crippen LogP contribution in [0.2, 0.25) is 0 Å². The zero-order valence-corrected chi connectivity index (χ0v) is 14.6. The number of benzene rings is 2. The summed E-state index contributed by atoms with van der Waals surface area (Å²) in [5, 5.41) is 2.91. The van der Waals surface area contributed by atoms with Gasteiger partial charge in [0.2, 0.25) is 0 Å². The van der Waals surface area contributed by atoms with Crippen LogP contribution in [0.3, 0.4) is 0 Å². The summed E-state index contributed by atoms with van der Waals surface area (Å²) in [5.74, 6) is -0.183. The van der Waals surface area contributed by atoms with Crippen LogP contribution in [0.15, 0.2) is 42.5 Å². The molecule has 2 aromatic carbocycles. The number of aryl methyl sites for hydroxylation is 3. The van der Waals surface area contributed by atoms with E-state index in [1.807, 2.05) is 37.3 Å². The zero-order valence-electron chi connectivity index (χ0n) is 14.6. The van der Waals surface area contributed by atoms with Crippen LogP contribution in [0.5, 0.6) is 0 Å². The van der Waals surface area contributed by atoms with Gasteiger partial charge < -0.3 is 5.32 Å². The molecule has 1 unspecified atom stereocenters. The Morgan fingerprint density at radius 1 is 1.08 bits per heavy atom. The number of rotatable bonds is 3. The van der Waals surface area contributed by atoms with E-state index in [1.54, 1.807) is 6.92 Å². The number of carbonyl (C=O) groups excluding carboxylic acids is 2. The third-order valence-corrected chi connectivity index (χ3v) is 5.37. The fraction of sp³-hybridized carbons (Fsp3) is 0.333. The van der Waals surface area contributed by atoms with Gasteiger partial charge in [0.15, 0.2) is 0 Å².